The number of benzene rings is 2. The predicted octanol–water partition coefficient (Wildman–Crippen LogP) is 4.56. The highest BCUT2D eigenvalue weighted by molar-refractivity contribution is 5.93. The Balaban J connectivity index is 0.000000397. The maximum absolute atomic E-state index is 12.0. The Morgan fingerprint density at radius 3 is 1.68 bits per heavy atom. The van der Waals surface area contributed by atoms with Crippen molar-refractivity contribution in [1.29, 1.82) is 0 Å². The van der Waals surface area contributed by atoms with Gasteiger partial charge in [-0.2, -0.15) is 13.2 Å². The summed E-state index contributed by atoms with van der Waals surface area (Å²) in [6.07, 6.45) is -4.36. The normalized spacial score (nSPS) is 11.5. The Morgan fingerprint density at radius 1 is 0.955 bits per heavy atom. The highest BCUT2D eigenvalue weighted by Gasteiger charge is 2.37. The first-order chi connectivity index (χ1) is 9.82. The largest absolute Gasteiger partial charge is 0.407 e. The minimum absolute atomic E-state index is 0. The van der Waals surface area contributed by atoms with E-state index in [1.807, 2.05) is 30.3 Å². The van der Waals surface area contributed by atoms with E-state index in [2.05, 4.69) is 0 Å². The number of Topliss-reactive ketones (excluding diaryl/α,β-unsaturated/α-hetero) is 1. The highest BCUT2D eigenvalue weighted by atomic mass is 35.5. The molecular formula is C16H17ClF3NO. The maximum Gasteiger partial charge on any atom is 0.407 e. The second kappa shape index (κ2) is 9.23. The van der Waals surface area contributed by atoms with E-state index in [0.29, 0.717) is 0 Å². The van der Waals surface area contributed by atoms with Crippen LogP contribution in [-0.2, 0) is 0 Å². The Kier molecular flexibility index (Phi) is 8.45. The van der Waals surface area contributed by atoms with Crippen LogP contribution in [-0.4, -0.2) is 12.0 Å². The van der Waals surface area contributed by atoms with Crippen molar-refractivity contribution in [3.05, 3.63) is 71.8 Å². The summed E-state index contributed by atoms with van der Waals surface area (Å²) in [6, 6.07) is 14.8. The smallest absolute Gasteiger partial charge is 0.316 e. The van der Waals surface area contributed by atoms with Crippen LogP contribution in [0.5, 0.6) is 0 Å². The Bertz CT molecular complexity index is 559. The van der Waals surface area contributed by atoms with Crippen LogP contribution in [0.3, 0.4) is 0 Å². The lowest BCUT2D eigenvalue weighted by atomic mass is 10.1. The topological polar surface area (TPSA) is 43.1 Å². The SMILES string of the molecule is CC(=O)c1ccccc1.Cl.N[C@@H](c1ccccc1)C(F)(F)F. The van der Waals surface area contributed by atoms with Gasteiger partial charge in [0.25, 0.3) is 0 Å². The fourth-order valence-electron chi connectivity index (χ4n) is 1.52. The third-order valence-electron chi connectivity index (χ3n) is 2.69. The average molecular weight is 332 g/mol. The van der Waals surface area contributed by atoms with E-state index in [0.717, 1.165) is 5.56 Å². The number of ketones is 1. The number of rotatable bonds is 2. The number of alkyl halides is 3. The summed E-state index contributed by atoms with van der Waals surface area (Å²) in [7, 11) is 0. The van der Waals surface area contributed by atoms with E-state index in [1.165, 1.54) is 24.3 Å². The molecule has 1 atom stereocenters. The Hall–Kier alpha value is -1.85. The van der Waals surface area contributed by atoms with Crippen LogP contribution in [0.4, 0.5) is 13.2 Å². The Labute approximate surface area is 133 Å². The molecule has 6 heteroatoms. The van der Waals surface area contributed by atoms with E-state index in [4.69, 9.17) is 5.73 Å². The van der Waals surface area contributed by atoms with Crippen molar-refractivity contribution in [1.82, 2.24) is 0 Å². The molecule has 0 saturated carbocycles. The summed E-state index contributed by atoms with van der Waals surface area (Å²) >= 11 is 0. The summed E-state index contributed by atoms with van der Waals surface area (Å²) in [5.41, 5.74) is 5.81. The van der Waals surface area contributed by atoms with Gasteiger partial charge in [0.1, 0.15) is 6.04 Å². The van der Waals surface area contributed by atoms with E-state index in [1.54, 1.807) is 13.0 Å². The van der Waals surface area contributed by atoms with Crippen LogP contribution >= 0.6 is 12.4 Å². The molecule has 2 aromatic carbocycles. The molecule has 0 aliphatic heterocycles. The summed E-state index contributed by atoms with van der Waals surface area (Å²) in [4.78, 5) is 10.6. The number of carbonyl (C=O) groups is 1. The molecule has 0 unspecified atom stereocenters. The molecule has 0 amide bonds. The number of nitrogens with two attached hydrogens (primary N) is 1. The molecule has 2 aromatic rings. The third-order valence-corrected chi connectivity index (χ3v) is 2.69. The molecule has 0 radical (unpaired) electrons. The minimum atomic E-state index is -4.36. The first-order valence-corrected chi connectivity index (χ1v) is 6.25. The van der Waals surface area contributed by atoms with Gasteiger partial charge in [-0.15, -0.1) is 12.4 Å². The standard InChI is InChI=1S/C8H8F3N.C8H8O.ClH/c9-8(10,11)7(12)6-4-2-1-3-5-6;1-7(9)8-5-3-2-4-6-8;/h1-5,7H,12H2;2-6H,1H3;1H/t7-;;/m0../s1. The molecule has 0 fully saturated rings. The fraction of sp³-hybridized carbons (Fsp3) is 0.188. The van der Waals surface area contributed by atoms with Gasteiger partial charge < -0.3 is 5.73 Å². The number of hydrogen-bond donors (Lipinski definition) is 1. The van der Waals surface area contributed by atoms with Crippen LogP contribution in [0.25, 0.3) is 0 Å². The molecule has 0 heterocycles. The van der Waals surface area contributed by atoms with Gasteiger partial charge in [-0.05, 0) is 12.5 Å². The monoisotopic (exact) mass is 331 g/mol. The molecular weight excluding hydrogens is 315 g/mol. The fourth-order valence-corrected chi connectivity index (χ4v) is 1.52. The Morgan fingerprint density at radius 2 is 1.36 bits per heavy atom. The second-order valence-electron chi connectivity index (χ2n) is 4.35. The van der Waals surface area contributed by atoms with Crippen LogP contribution in [0.15, 0.2) is 60.7 Å². The molecule has 0 aliphatic carbocycles. The van der Waals surface area contributed by atoms with Gasteiger partial charge in [0.2, 0.25) is 0 Å². The van der Waals surface area contributed by atoms with Gasteiger partial charge in [0.05, 0.1) is 0 Å². The number of carbonyl (C=O) groups excluding carboxylic acids is 1. The predicted molar refractivity (Wildman–Crippen MR) is 83.1 cm³/mol. The molecule has 0 spiro atoms. The van der Waals surface area contributed by atoms with Crippen molar-refractivity contribution >= 4 is 18.2 Å². The van der Waals surface area contributed by atoms with Crippen LogP contribution in [0.2, 0.25) is 0 Å². The summed E-state index contributed by atoms with van der Waals surface area (Å²) < 4.78 is 36.0. The lowest BCUT2D eigenvalue weighted by molar-refractivity contribution is -0.149. The lowest BCUT2D eigenvalue weighted by Crippen LogP contribution is -2.28. The first-order valence-electron chi connectivity index (χ1n) is 6.25. The van der Waals surface area contributed by atoms with Gasteiger partial charge in [-0.25, -0.2) is 0 Å². The van der Waals surface area contributed by atoms with Gasteiger partial charge in [0, 0.05) is 5.56 Å². The zero-order valence-electron chi connectivity index (χ0n) is 11.9. The van der Waals surface area contributed by atoms with Crippen molar-refractivity contribution in [3.63, 3.8) is 0 Å². The molecule has 0 aliphatic rings. The summed E-state index contributed by atoms with van der Waals surface area (Å²) in [5, 5.41) is 0. The van der Waals surface area contributed by atoms with Crippen LogP contribution in [0.1, 0.15) is 28.9 Å². The number of hydrogen-bond acceptors (Lipinski definition) is 2. The molecule has 2 N–H and O–H groups in total. The van der Waals surface area contributed by atoms with E-state index in [9.17, 15) is 18.0 Å². The molecule has 22 heavy (non-hydrogen) atoms. The van der Waals surface area contributed by atoms with Crippen molar-refractivity contribution in [2.24, 2.45) is 5.73 Å². The van der Waals surface area contributed by atoms with E-state index >= 15 is 0 Å². The van der Waals surface area contributed by atoms with Gasteiger partial charge in [-0.3, -0.25) is 4.79 Å². The van der Waals surface area contributed by atoms with E-state index < -0.39 is 12.2 Å². The zero-order chi connectivity index (χ0) is 15.9. The molecule has 0 bridgehead atoms. The summed E-state index contributed by atoms with van der Waals surface area (Å²) in [5.74, 6) is 0.121. The minimum Gasteiger partial charge on any atom is -0.316 e. The molecule has 2 rings (SSSR count). The molecule has 0 saturated heterocycles. The van der Waals surface area contributed by atoms with Crippen molar-refractivity contribution < 1.29 is 18.0 Å². The first kappa shape index (κ1) is 20.1. The second-order valence-corrected chi connectivity index (χ2v) is 4.35. The lowest BCUT2D eigenvalue weighted by Gasteiger charge is -2.15. The number of halogens is 4. The van der Waals surface area contributed by atoms with Gasteiger partial charge in [0.15, 0.2) is 5.78 Å². The van der Waals surface area contributed by atoms with Crippen LogP contribution < -0.4 is 5.73 Å². The quantitative estimate of drug-likeness (QED) is 0.820. The van der Waals surface area contributed by atoms with Crippen molar-refractivity contribution in [2.75, 3.05) is 0 Å². The highest BCUT2D eigenvalue weighted by Crippen LogP contribution is 2.29. The third kappa shape index (κ3) is 6.74. The molecule has 120 valence electrons. The van der Waals surface area contributed by atoms with E-state index in [-0.39, 0.29) is 23.8 Å². The van der Waals surface area contributed by atoms with Crippen molar-refractivity contribution in [2.45, 2.75) is 19.1 Å². The van der Waals surface area contributed by atoms with Crippen LogP contribution in [0, 0.1) is 0 Å². The van der Waals surface area contributed by atoms with Crippen molar-refractivity contribution in [3.8, 4) is 0 Å². The van der Waals surface area contributed by atoms with Gasteiger partial charge >= 0.3 is 6.18 Å². The average Bonchev–Trinajstić information content (AvgIpc) is 2.48. The maximum atomic E-state index is 12.0. The molecule has 0 aromatic heterocycles. The zero-order valence-corrected chi connectivity index (χ0v) is 12.7. The van der Waals surface area contributed by atoms with Gasteiger partial charge in [-0.1, -0.05) is 60.7 Å². The summed E-state index contributed by atoms with van der Waals surface area (Å²) in [6.45, 7) is 1.56. The molecule has 2 nitrogen and oxygen atoms in total.